The number of phenolic OH excluding ortho intramolecular Hbond substituents is 1. The first-order valence-electron chi connectivity index (χ1n) is 7.05. The monoisotopic (exact) mass is 336 g/mol. The van der Waals surface area contributed by atoms with Crippen LogP contribution in [0.1, 0.15) is 5.56 Å². The molecule has 0 saturated heterocycles. The highest BCUT2D eigenvalue weighted by Crippen LogP contribution is 2.35. The Morgan fingerprint density at radius 3 is 2.46 bits per heavy atom. The largest absolute Gasteiger partial charge is 0.507 e. The molecule has 118 valence electrons. The van der Waals surface area contributed by atoms with Crippen molar-refractivity contribution in [2.75, 3.05) is 11.5 Å². The standard InChI is InChI=1S/C18H13ClN4O/c19-14-6-5-10(7-15(14)21)12-8-16(23-18(22)13(12)9-20)11-3-1-2-4-17(11)24/h1-8,24H,21H2,(H2,22,23). The van der Waals surface area contributed by atoms with E-state index >= 15 is 0 Å². The summed E-state index contributed by atoms with van der Waals surface area (Å²) in [6, 6.07) is 15.6. The third-order valence-corrected chi connectivity index (χ3v) is 3.99. The maximum absolute atomic E-state index is 10.0. The van der Waals surface area contributed by atoms with E-state index in [4.69, 9.17) is 23.1 Å². The Hall–Kier alpha value is -3.23. The van der Waals surface area contributed by atoms with E-state index in [1.807, 2.05) is 0 Å². The van der Waals surface area contributed by atoms with Gasteiger partial charge in [-0.2, -0.15) is 5.26 Å². The number of nitrogens with zero attached hydrogens (tertiary/aromatic N) is 2. The second-order valence-electron chi connectivity index (χ2n) is 5.18. The first kappa shape index (κ1) is 15.7. The van der Waals surface area contributed by atoms with Crippen LogP contribution in [0.15, 0.2) is 48.5 Å². The minimum absolute atomic E-state index is 0.0793. The van der Waals surface area contributed by atoms with E-state index in [1.54, 1.807) is 48.5 Å². The van der Waals surface area contributed by atoms with Crippen molar-refractivity contribution in [2.24, 2.45) is 0 Å². The topological polar surface area (TPSA) is 109 Å². The summed E-state index contributed by atoms with van der Waals surface area (Å²) in [5.74, 6) is 0.164. The molecule has 0 amide bonds. The van der Waals surface area contributed by atoms with Crippen LogP contribution in [0, 0.1) is 11.3 Å². The normalized spacial score (nSPS) is 10.3. The fraction of sp³-hybridized carbons (Fsp3) is 0. The molecule has 24 heavy (non-hydrogen) atoms. The molecule has 0 fully saturated rings. The average Bonchev–Trinajstić information content (AvgIpc) is 2.57. The lowest BCUT2D eigenvalue weighted by molar-refractivity contribution is 0.477. The van der Waals surface area contributed by atoms with Crippen LogP contribution in [0.5, 0.6) is 5.75 Å². The lowest BCUT2D eigenvalue weighted by atomic mass is 9.98. The van der Waals surface area contributed by atoms with Crippen LogP contribution in [-0.2, 0) is 0 Å². The number of nitriles is 1. The van der Waals surface area contributed by atoms with Crippen LogP contribution in [0.4, 0.5) is 11.5 Å². The molecule has 0 aliphatic rings. The zero-order valence-corrected chi connectivity index (χ0v) is 13.2. The highest BCUT2D eigenvalue weighted by atomic mass is 35.5. The van der Waals surface area contributed by atoms with Crippen LogP contribution < -0.4 is 11.5 Å². The summed E-state index contributed by atoms with van der Waals surface area (Å²) in [6.07, 6.45) is 0. The lowest BCUT2D eigenvalue weighted by Crippen LogP contribution is -2.00. The molecule has 2 aromatic carbocycles. The van der Waals surface area contributed by atoms with Gasteiger partial charge in [-0.15, -0.1) is 0 Å². The average molecular weight is 337 g/mol. The SMILES string of the molecule is N#Cc1c(-c2ccc(Cl)c(N)c2)cc(-c2ccccc2O)nc1N. The van der Waals surface area contributed by atoms with Crippen molar-refractivity contribution in [1.29, 1.82) is 5.26 Å². The summed E-state index contributed by atoms with van der Waals surface area (Å²) in [7, 11) is 0. The number of hydrogen-bond donors (Lipinski definition) is 3. The number of nitrogens with two attached hydrogens (primary N) is 2. The summed E-state index contributed by atoms with van der Waals surface area (Å²) in [5.41, 5.74) is 14.7. The summed E-state index contributed by atoms with van der Waals surface area (Å²) in [4.78, 5) is 4.24. The molecule has 0 aliphatic heterocycles. The van der Waals surface area contributed by atoms with Crippen LogP contribution >= 0.6 is 11.6 Å². The van der Waals surface area contributed by atoms with Crippen molar-refractivity contribution >= 4 is 23.1 Å². The fourth-order valence-corrected chi connectivity index (χ4v) is 2.57. The quantitative estimate of drug-likeness (QED) is 0.616. The molecule has 5 N–H and O–H groups in total. The zero-order valence-electron chi connectivity index (χ0n) is 12.5. The van der Waals surface area contributed by atoms with E-state index < -0.39 is 0 Å². The Kier molecular flexibility index (Phi) is 3.98. The second-order valence-corrected chi connectivity index (χ2v) is 5.59. The molecule has 1 heterocycles. The van der Waals surface area contributed by atoms with Gasteiger partial charge in [0.05, 0.1) is 16.4 Å². The molecule has 0 aliphatic carbocycles. The Labute approximate surface area is 143 Å². The Morgan fingerprint density at radius 1 is 1.04 bits per heavy atom. The maximum atomic E-state index is 10.0. The summed E-state index contributed by atoms with van der Waals surface area (Å²) in [6.45, 7) is 0. The van der Waals surface area contributed by atoms with Gasteiger partial charge in [0, 0.05) is 11.1 Å². The fourth-order valence-electron chi connectivity index (χ4n) is 2.45. The molecule has 0 unspecified atom stereocenters. The van der Waals surface area contributed by atoms with E-state index in [1.165, 1.54) is 0 Å². The van der Waals surface area contributed by atoms with Crippen molar-refractivity contribution in [2.45, 2.75) is 0 Å². The zero-order chi connectivity index (χ0) is 17.3. The Bertz CT molecular complexity index is 979. The number of halogens is 1. The van der Waals surface area contributed by atoms with Gasteiger partial charge in [0.2, 0.25) is 0 Å². The molecule has 3 rings (SSSR count). The predicted octanol–water partition coefficient (Wildman–Crippen LogP) is 3.81. The minimum Gasteiger partial charge on any atom is -0.507 e. The number of nitrogen functional groups attached to an aromatic ring is 2. The van der Waals surface area contributed by atoms with Gasteiger partial charge in [-0.25, -0.2) is 4.98 Å². The highest BCUT2D eigenvalue weighted by Gasteiger charge is 2.15. The van der Waals surface area contributed by atoms with E-state index in [2.05, 4.69) is 11.1 Å². The number of aromatic nitrogens is 1. The molecule has 3 aromatic rings. The third-order valence-electron chi connectivity index (χ3n) is 3.65. The smallest absolute Gasteiger partial charge is 0.142 e. The lowest BCUT2D eigenvalue weighted by Gasteiger charge is -2.12. The van der Waals surface area contributed by atoms with Gasteiger partial charge in [0.1, 0.15) is 23.2 Å². The molecule has 0 spiro atoms. The molecule has 6 heteroatoms. The van der Waals surface area contributed by atoms with Crippen LogP contribution in [-0.4, -0.2) is 10.1 Å². The van der Waals surface area contributed by atoms with Crippen molar-refractivity contribution in [3.05, 3.63) is 59.1 Å². The van der Waals surface area contributed by atoms with Gasteiger partial charge in [-0.3, -0.25) is 0 Å². The molecule has 0 bridgehead atoms. The van der Waals surface area contributed by atoms with E-state index in [-0.39, 0.29) is 17.1 Å². The van der Waals surface area contributed by atoms with Crippen molar-refractivity contribution in [1.82, 2.24) is 4.98 Å². The van der Waals surface area contributed by atoms with E-state index in [0.717, 1.165) is 0 Å². The van der Waals surface area contributed by atoms with Gasteiger partial charge in [0.15, 0.2) is 0 Å². The molecule has 0 saturated carbocycles. The highest BCUT2D eigenvalue weighted by molar-refractivity contribution is 6.33. The third kappa shape index (κ3) is 2.71. The predicted molar refractivity (Wildman–Crippen MR) is 95.3 cm³/mol. The molecular weight excluding hydrogens is 324 g/mol. The van der Waals surface area contributed by atoms with Crippen LogP contribution in [0.25, 0.3) is 22.4 Å². The molecule has 5 nitrogen and oxygen atoms in total. The van der Waals surface area contributed by atoms with Crippen molar-refractivity contribution in [3.63, 3.8) is 0 Å². The first-order chi connectivity index (χ1) is 11.5. The number of para-hydroxylation sites is 1. The van der Waals surface area contributed by atoms with Gasteiger partial charge < -0.3 is 16.6 Å². The Balaban J connectivity index is 2.27. The minimum atomic E-state index is 0.0793. The molecule has 0 radical (unpaired) electrons. The molecule has 0 atom stereocenters. The molecular formula is C18H13ClN4O. The van der Waals surface area contributed by atoms with Crippen molar-refractivity contribution in [3.8, 4) is 34.2 Å². The number of pyridine rings is 1. The number of phenols is 1. The van der Waals surface area contributed by atoms with Crippen LogP contribution in [0.2, 0.25) is 5.02 Å². The number of rotatable bonds is 2. The van der Waals surface area contributed by atoms with Gasteiger partial charge >= 0.3 is 0 Å². The number of hydrogen-bond acceptors (Lipinski definition) is 5. The number of benzene rings is 2. The summed E-state index contributed by atoms with van der Waals surface area (Å²) >= 11 is 5.96. The summed E-state index contributed by atoms with van der Waals surface area (Å²) < 4.78 is 0. The first-order valence-corrected chi connectivity index (χ1v) is 7.43. The van der Waals surface area contributed by atoms with Gasteiger partial charge in [-0.05, 0) is 35.9 Å². The Morgan fingerprint density at radius 2 is 1.79 bits per heavy atom. The maximum Gasteiger partial charge on any atom is 0.142 e. The van der Waals surface area contributed by atoms with Gasteiger partial charge in [-0.1, -0.05) is 29.8 Å². The van der Waals surface area contributed by atoms with Gasteiger partial charge in [0.25, 0.3) is 0 Å². The molecule has 1 aromatic heterocycles. The second kappa shape index (κ2) is 6.11. The van der Waals surface area contributed by atoms with E-state index in [9.17, 15) is 10.4 Å². The van der Waals surface area contributed by atoms with E-state index in [0.29, 0.717) is 33.1 Å². The number of anilines is 2. The number of aromatic hydroxyl groups is 1. The summed E-state index contributed by atoms with van der Waals surface area (Å²) in [5, 5.41) is 19.9. The van der Waals surface area contributed by atoms with Crippen molar-refractivity contribution < 1.29 is 5.11 Å². The van der Waals surface area contributed by atoms with Crippen LogP contribution in [0.3, 0.4) is 0 Å².